The van der Waals surface area contributed by atoms with E-state index in [-0.39, 0.29) is 11.3 Å². The van der Waals surface area contributed by atoms with Crippen molar-refractivity contribution in [2.75, 3.05) is 5.75 Å². The Hall–Kier alpha value is -1.37. The number of sulfone groups is 1. The van der Waals surface area contributed by atoms with Gasteiger partial charge in [-0.25, -0.2) is 8.42 Å². The summed E-state index contributed by atoms with van der Waals surface area (Å²) in [5.74, 6) is -1.16. The Bertz CT molecular complexity index is 530. The quantitative estimate of drug-likeness (QED) is 0.851. The predicted octanol–water partition coefficient (Wildman–Crippen LogP) is 2.46. The van der Waals surface area contributed by atoms with Crippen LogP contribution in [0.4, 0.5) is 13.2 Å². The number of carbonyl (C=O) groups is 1. The summed E-state index contributed by atoms with van der Waals surface area (Å²) in [5.41, 5.74) is -0.928. The lowest BCUT2D eigenvalue weighted by Gasteiger charge is -2.07. The number of ketones is 1. The molecule has 0 spiro atoms. The maximum absolute atomic E-state index is 12.3. The van der Waals surface area contributed by atoms with Crippen LogP contribution in [0.5, 0.6) is 0 Å². The summed E-state index contributed by atoms with van der Waals surface area (Å²) < 4.78 is 60.2. The summed E-state index contributed by atoms with van der Waals surface area (Å²) in [7, 11) is -3.85. The van der Waals surface area contributed by atoms with Crippen LogP contribution in [0.2, 0.25) is 0 Å². The SMILES string of the molecule is CCC(=O)CS(=O)(=O)c1ccc(C(F)(F)F)cc1. The second kappa shape index (κ2) is 5.09. The van der Waals surface area contributed by atoms with Gasteiger partial charge in [-0.1, -0.05) is 6.92 Å². The maximum Gasteiger partial charge on any atom is 0.416 e. The third kappa shape index (κ3) is 3.56. The molecule has 0 unspecified atom stereocenters. The van der Waals surface area contributed by atoms with Crippen LogP contribution in [-0.4, -0.2) is 20.0 Å². The second-order valence-electron chi connectivity index (χ2n) is 3.67. The van der Waals surface area contributed by atoms with E-state index < -0.39 is 33.1 Å². The molecule has 0 saturated heterocycles. The van der Waals surface area contributed by atoms with E-state index in [1.54, 1.807) is 0 Å². The highest BCUT2D eigenvalue weighted by Crippen LogP contribution is 2.29. The highest BCUT2D eigenvalue weighted by Gasteiger charge is 2.30. The van der Waals surface area contributed by atoms with Crippen LogP contribution in [0.1, 0.15) is 18.9 Å². The van der Waals surface area contributed by atoms with Gasteiger partial charge in [0.15, 0.2) is 9.84 Å². The first-order chi connectivity index (χ1) is 8.16. The number of alkyl halides is 3. The van der Waals surface area contributed by atoms with Gasteiger partial charge in [-0.3, -0.25) is 4.79 Å². The molecule has 0 aliphatic carbocycles. The van der Waals surface area contributed by atoms with Crippen LogP contribution >= 0.6 is 0 Å². The summed E-state index contributed by atoms with van der Waals surface area (Å²) in [6.07, 6.45) is -4.44. The third-order valence-corrected chi connectivity index (χ3v) is 3.98. The van der Waals surface area contributed by atoms with Crippen molar-refractivity contribution in [3.8, 4) is 0 Å². The van der Waals surface area contributed by atoms with Gasteiger partial charge in [-0.15, -0.1) is 0 Å². The molecule has 7 heteroatoms. The molecule has 0 fully saturated rings. The van der Waals surface area contributed by atoms with Crippen molar-refractivity contribution in [2.45, 2.75) is 24.4 Å². The first-order valence-corrected chi connectivity index (χ1v) is 6.74. The van der Waals surface area contributed by atoms with Crippen molar-refractivity contribution in [3.05, 3.63) is 29.8 Å². The summed E-state index contributed by atoms with van der Waals surface area (Å²) in [4.78, 5) is 10.8. The highest BCUT2D eigenvalue weighted by molar-refractivity contribution is 7.92. The molecule has 0 amide bonds. The molecule has 1 rings (SSSR count). The van der Waals surface area contributed by atoms with Crippen molar-refractivity contribution < 1.29 is 26.4 Å². The normalized spacial score (nSPS) is 12.4. The molecule has 3 nitrogen and oxygen atoms in total. The summed E-state index contributed by atoms with van der Waals surface area (Å²) >= 11 is 0. The van der Waals surface area contributed by atoms with Gasteiger partial charge in [-0.05, 0) is 24.3 Å². The van der Waals surface area contributed by atoms with Gasteiger partial charge in [0.05, 0.1) is 10.5 Å². The van der Waals surface area contributed by atoms with E-state index in [1.807, 2.05) is 0 Å². The Kier molecular flexibility index (Phi) is 4.16. The Morgan fingerprint density at radius 3 is 2.06 bits per heavy atom. The van der Waals surface area contributed by atoms with E-state index in [9.17, 15) is 26.4 Å². The molecule has 1 aromatic rings. The van der Waals surface area contributed by atoms with E-state index in [0.717, 1.165) is 12.1 Å². The Labute approximate surface area is 103 Å². The molecule has 0 aliphatic rings. The first kappa shape index (κ1) is 14.7. The van der Waals surface area contributed by atoms with Gasteiger partial charge in [0.2, 0.25) is 0 Å². The number of halogens is 3. The zero-order chi connectivity index (χ0) is 14.0. The van der Waals surface area contributed by atoms with E-state index in [4.69, 9.17) is 0 Å². The molecule has 0 radical (unpaired) electrons. The van der Waals surface area contributed by atoms with Crippen LogP contribution in [0.15, 0.2) is 29.2 Å². The molecule has 1 aromatic carbocycles. The molecule has 0 saturated carbocycles. The minimum Gasteiger partial charge on any atom is -0.299 e. The minimum absolute atomic E-state index is 0.0693. The summed E-state index contributed by atoms with van der Waals surface area (Å²) in [6, 6.07) is 3.09. The number of benzene rings is 1. The molecular formula is C11H11F3O3S. The zero-order valence-corrected chi connectivity index (χ0v) is 10.3. The standard InChI is InChI=1S/C11H11F3O3S/c1-2-9(15)7-18(16,17)10-5-3-8(4-6-10)11(12,13)14/h3-6H,2,7H2,1H3. The topological polar surface area (TPSA) is 51.2 Å². The van der Waals surface area contributed by atoms with Crippen molar-refractivity contribution >= 4 is 15.6 Å². The van der Waals surface area contributed by atoms with E-state index in [1.165, 1.54) is 6.92 Å². The van der Waals surface area contributed by atoms with Crippen molar-refractivity contribution in [2.24, 2.45) is 0 Å². The molecule has 0 N–H and O–H groups in total. The van der Waals surface area contributed by atoms with Crippen molar-refractivity contribution in [1.29, 1.82) is 0 Å². The lowest BCUT2D eigenvalue weighted by molar-refractivity contribution is -0.137. The van der Waals surface area contributed by atoms with Crippen molar-refractivity contribution in [1.82, 2.24) is 0 Å². The van der Waals surface area contributed by atoms with E-state index in [0.29, 0.717) is 12.1 Å². The number of hydrogen-bond acceptors (Lipinski definition) is 3. The van der Waals surface area contributed by atoms with Crippen LogP contribution in [0.25, 0.3) is 0 Å². The highest BCUT2D eigenvalue weighted by atomic mass is 32.2. The zero-order valence-electron chi connectivity index (χ0n) is 9.49. The number of carbonyl (C=O) groups excluding carboxylic acids is 1. The Morgan fingerprint density at radius 1 is 1.17 bits per heavy atom. The summed E-state index contributed by atoms with van der Waals surface area (Å²) in [6.45, 7) is 1.52. The molecule has 0 aliphatic heterocycles. The average molecular weight is 280 g/mol. The van der Waals surface area contributed by atoms with Gasteiger partial charge < -0.3 is 0 Å². The third-order valence-electron chi connectivity index (χ3n) is 2.29. The van der Waals surface area contributed by atoms with Gasteiger partial charge in [0.25, 0.3) is 0 Å². The molecule has 100 valence electrons. The van der Waals surface area contributed by atoms with Gasteiger partial charge in [0.1, 0.15) is 11.5 Å². The molecule has 0 atom stereocenters. The van der Waals surface area contributed by atoms with Crippen LogP contribution < -0.4 is 0 Å². The largest absolute Gasteiger partial charge is 0.416 e. The lowest BCUT2D eigenvalue weighted by atomic mass is 10.2. The van der Waals surface area contributed by atoms with Crippen LogP contribution in [0.3, 0.4) is 0 Å². The van der Waals surface area contributed by atoms with Gasteiger partial charge in [0, 0.05) is 6.42 Å². The number of rotatable bonds is 4. The first-order valence-electron chi connectivity index (χ1n) is 5.08. The Balaban J connectivity index is 3.02. The van der Waals surface area contributed by atoms with E-state index >= 15 is 0 Å². The maximum atomic E-state index is 12.3. The van der Waals surface area contributed by atoms with Crippen LogP contribution in [-0.2, 0) is 20.8 Å². The molecular weight excluding hydrogens is 269 g/mol. The molecule has 0 bridgehead atoms. The van der Waals surface area contributed by atoms with Crippen LogP contribution in [0, 0.1) is 0 Å². The fourth-order valence-electron chi connectivity index (χ4n) is 1.25. The average Bonchev–Trinajstić information content (AvgIpc) is 2.27. The summed E-state index contributed by atoms with van der Waals surface area (Å²) in [5, 5.41) is 0. The Morgan fingerprint density at radius 2 is 1.67 bits per heavy atom. The molecule has 18 heavy (non-hydrogen) atoms. The number of hydrogen-bond donors (Lipinski definition) is 0. The predicted molar refractivity (Wildman–Crippen MR) is 58.8 cm³/mol. The van der Waals surface area contributed by atoms with Crippen molar-refractivity contribution in [3.63, 3.8) is 0 Å². The second-order valence-corrected chi connectivity index (χ2v) is 5.66. The smallest absolute Gasteiger partial charge is 0.299 e. The fourth-order valence-corrected chi connectivity index (χ4v) is 2.59. The minimum atomic E-state index is -4.51. The molecule has 0 aromatic heterocycles. The lowest BCUT2D eigenvalue weighted by Crippen LogP contribution is -2.15. The number of Topliss-reactive ketones (excluding diaryl/α,β-unsaturated/α-hetero) is 1. The monoisotopic (exact) mass is 280 g/mol. The van der Waals surface area contributed by atoms with Gasteiger partial charge in [-0.2, -0.15) is 13.2 Å². The van der Waals surface area contributed by atoms with Gasteiger partial charge >= 0.3 is 6.18 Å². The fraction of sp³-hybridized carbons (Fsp3) is 0.364. The van der Waals surface area contributed by atoms with E-state index in [2.05, 4.69) is 0 Å². The molecule has 0 heterocycles.